The Hall–Kier alpha value is -0.940. The van der Waals surface area contributed by atoms with Crippen LogP contribution in [-0.2, 0) is 11.8 Å². The first-order valence-corrected chi connectivity index (χ1v) is 6.49. The average molecular weight is 238 g/mol. The number of nitrogens with two attached hydrogens (primary N) is 1. The molecule has 0 aromatic carbocycles. The van der Waals surface area contributed by atoms with Crippen molar-refractivity contribution in [2.75, 3.05) is 26.2 Å². The van der Waals surface area contributed by atoms with Crippen molar-refractivity contribution in [2.24, 2.45) is 5.73 Å². The molecule has 17 heavy (non-hydrogen) atoms. The molecule has 1 fully saturated rings. The lowest BCUT2D eigenvalue weighted by Crippen LogP contribution is -2.25. The highest BCUT2D eigenvalue weighted by Gasteiger charge is 2.48. The molecule has 1 aliphatic carbocycles. The van der Waals surface area contributed by atoms with E-state index in [0.717, 1.165) is 50.6 Å². The molecule has 0 atom stereocenters. The first kappa shape index (κ1) is 12.5. The zero-order chi connectivity index (χ0) is 12.3. The van der Waals surface area contributed by atoms with Crippen molar-refractivity contribution in [3.63, 3.8) is 0 Å². The maximum Gasteiger partial charge on any atom is 0.234 e. The van der Waals surface area contributed by atoms with Crippen molar-refractivity contribution in [1.29, 1.82) is 0 Å². The van der Waals surface area contributed by atoms with Gasteiger partial charge in [-0.25, -0.2) is 0 Å². The van der Waals surface area contributed by atoms with Gasteiger partial charge in [0.05, 0.1) is 5.41 Å². The Balaban J connectivity index is 1.90. The fourth-order valence-electron chi connectivity index (χ4n) is 2.03. The van der Waals surface area contributed by atoms with E-state index in [1.807, 2.05) is 0 Å². The van der Waals surface area contributed by atoms with E-state index < -0.39 is 0 Å². The van der Waals surface area contributed by atoms with Gasteiger partial charge >= 0.3 is 0 Å². The van der Waals surface area contributed by atoms with Gasteiger partial charge in [-0.05, 0) is 25.9 Å². The molecule has 1 aromatic heterocycles. The van der Waals surface area contributed by atoms with Crippen molar-refractivity contribution in [2.45, 2.75) is 38.5 Å². The third kappa shape index (κ3) is 2.66. The fraction of sp³-hybridized carbons (Fsp3) is 0.833. The number of nitrogens with zero attached hydrogens (tertiary/aromatic N) is 3. The van der Waals surface area contributed by atoms with Crippen molar-refractivity contribution in [1.82, 2.24) is 15.0 Å². The number of hydrogen-bond donors (Lipinski definition) is 1. The lowest BCUT2D eigenvalue weighted by molar-refractivity contribution is 0.301. The van der Waals surface area contributed by atoms with Gasteiger partial charge in [-0.2, -0.15) is 4.98 Å². The van der Waals surface area contributed by atoms with Gasteiger partial charge in [-0.15, -0.1) is 0 Å². The van der Waals surface area contributed by atoms with Crippen LogP contribution in [-0.4, -0.2) is 41.2 Å². The molecule has 0 spiro atoms. The SMILES string of the molecule is CCN(CC)CCc1noc(C2(CN)CC2)n1. The number of rotatable bonds is 7. The monoisotopic (exact) mass is 238 g/mol. The minimum atomic E-state index is 0.0143. The normalized spacial score (nSPS) is 17.6. The second kappa shape index (κ2) is 5.14. The van der Waals surface area contributed by atoms with E-state index >= 15 is 0 Å². The summed E-state index contributed by atoms with van der Waals surface area (Å²) in [7, 11) is 0. The summed E-state index contributed by atoms with van der Waals surface area (Å²) < 4.78 is 5.32. The second-order valence-electron chi connectivity index (χ2n) is 4.78. The van der Waals surface area contributed by atoms with Crippen LogP contribution in [0.5, 0.6) is 0 Å². The highest BCUT2D eigenvalue weighted by molar-refractivity contribution is 5.16. The molecule has 0 unspecified atom stereocenters. The third-order valence-electron chi connectivity index (χ3n) is 3.71. The van der Waals surface area contributed by atoms with E-state index in [1.54, 1.807) is 0 Å². The minimum absolute atomic E-state index is 0.0143. The third-order valence-corrected chi connectivity index (χ3v) is 3.71. The summed E-state index contributed by atoms with van der Waals surface area (Å²) in [5.41, 5.74) is 5.75. The summed E-state index contributed by atoms with van der Waals surface area (Å²) in [4.78, 5) is 6.82. The number of aromatic nitrogens is 2. The van der Waals surface area contributed by atoms with Gasteiger partial charge < -0.3 is 15.2 Å². The van der Waals surface area contributed by atoms with E-state index in [-0.39, 0.29) is 5.41 Å². The molecule has 5 nitrogen and oxygen atoms in total. The predicted molar refractivity (Wildman–Crippen MR) is 65.8 cm³/mol. The molecule has 0 aliphatic heterocycles. The molecule has 0 saturated heterocycles. The molecule has 0 radical (unpaired) electrons. The lowest BCUT2D eigenvalue weighted by Gasteiger charge is -2.16. The van der Waals surface area contributed by atoms with Crippen LogP contribution in [0.3, 0.4) is 0 Å². The van der Waals surface area contributed by atoms with E-state index in [2.05, 4.69) is 28.9 Å². The van der Waals surface area contributed by atoms with Gasteiger partial charge in [0, 0.05) is 19.5 Å². The Labute approximate surface area is 102 Å². The van der Waals surface area contributed by atoms with E-state index in [0.29, 0.717) is 6.54 Å². The van der Waals surface area contributed by atoms with Crippen LogP contribution in [0.4, 0.5) is 0 Å². The Morgan fingerprint density at radius 3 is 2.59 bits per heavy atom. The van der Waals surface area contributed by atoms with Crippen LogP contribution in [0.2, 0.25) is 0 Å². The second-order valence-corrected chi connectivity index (χ2v) is 4.78. The molecule has 1 aromatic rings. The van der Waals surface area contributed by atoms with Crippen molar-refractivity contribution in [3.05, 3.63) is 11.7 Å². The van der Waals surface area contributed by atoms with E-state index in [1.165, 1.54) is 0 Å². The Morgan fingerprint density at radius 2 is 2.06 bits per heavy atom. The van der Waals surface area contributed by atoms with E-state index in [9.17, 15) is 0 Å². The van der Waals surface area contributed by atoms with Gasteiger partial charge in [0.2, 0.25) is 5.89 Å². The van der Waals surface area contributed by atoms with E-state index in [4.69, 9.17) is 10.3 Å². The highest BCUT2D eigenvalue weighted by atomic mass is 16.5. The van der Waals surface area contributed by atoms with Crippen LogP contribution < -0.4 is 5.73 Å². The van der Waals surface area contributed by atoms with Gasteiger partial charge in [0.1, 0.15) is 0 Å². The molecular formula is C12H22N4O. The zero-order valence-electron chi connectivity index (χ0n) is 10.8. The van der Waals surface area contributed by atoms with Gasteiger partial charge in [0.15, 0.2) is 5.82 Å². The zero-order valence-corrected chi connectivity index (χ0v) is 10.8. The van der Waals surface area contributed by atoms with Crippen LogP contribution in [0.25, 0.3) is 0 Å². The molecule has 1 aliphatic rings. The van der Waals surface area contributed by atoms with Crippen molar-refractivity contribution >= 4 is 0 Å². The van der Waals surface area contributed by atoms with Crippen molar-refractivity contribution in [3.8, 4) is 0 Å². The first-order valence-electron chi connectivity index (χ1n) is 6.49. The summed E-state index contributed by atoms with van der Waals surface area (Å²) in [6.07, 6.45) is 3.02. The number of hydrogen-bond acceptors (Lipinski definition) is 5. The Kier molecular flexibility index (Phi) is 3.79. The van der Waals surface area contributed by atoms with Crippen LogP contribution in [0, 0.1) is 0 Å². The fourth-order valence-corrected chi connectivity index (χ4v) is 2.03. The lowest BCUT2D eigenvalue weighted by atomic mass is 10.1. The molecule has 2 rings (SSSR count). The van der Waals surface area contributed by atoms with Gasteiger partial charge in [-0.3, -0.25) is 0 Å². The Morgan fingerprint density at radius 1 is 1.35 bits per heavy atom. The largest absolute Gasteiger partial charge is 0.339 e. The summed E-state index contributed by atoms with van der Waals surface area (Å²) in [6.45, 7) is 8.06. The molecule has 1 saturated carbocycles. The Bertz CT molecular complexity index is 355. The molecule has 0 amide bonds. The van der Waals surface area contributed by atoms with Gasteiger partial charge in [-0.1, -0.05) is 19.0 Å². The van der Waals surface area contributed by atoms with Crippen LogP contribution in [0.1, 0.15) is 38.4 Å². The molecular weight excluding hydrogens is 216 g/mol. The topological polar surface area (TPSA) is 68.2 Å². The highest BCUT2D eigenvalue weighted by Crippen LogP contribution is 2.46. The molecule has 0 bridgehead atoms. The van der Waals surface area contributed by atoms with Crippen LogP contribution in [0.15, 0.2) is 4.52 Å². The standard InChI is InChI=1S/C12H22N4O/c1-3-16(4-2)8-5-10-14-11(17-15-10)12(9-13)6-7-12/h3-9,13H2,1-2H3. The molecule has 5 heteroatoms. The van der Waals surface area contributed by atoms with Crippen LogP contribution >= 0.6 is 0 Å². The smallest absolute Gasteiger partial charge is 0.234 e. The molecule has 1 heterocycles. The maximum absolute atomic E-state index is 5.74. The summed E-state index contributed by atoms with van der Waals surface area (Å²) in [5, 5.41) is 4.04. The summed E-state index contributed by atoms with van der Waals surface area (Å²) in [6, 6.07) is 0. The first-order chi connectivity index (χ1) is 8.24. The molecule has 96 valence electrons. The molecule has 2 N–H and O–H groups in total. The minimum Gasteiger partial charge on any atom is -0.339 e. The predicted octanol–water partition coefficient (Wildman–Crippen LogP) is 0.944. The van der Waals surface area contributed by atoms with Gasteiger partial charge in [0.25, 0.3) is 0 Å². The van der Waals surface area contributed by atoms with Crippen molar-refractivity contribution < 1.29 is 4.52 Å². The number of likely N-dealkylation sites (N-methyl/N-ethyl adjacent to an activating group) is 1. The maximum atomic E-state index is 5.74. The average Bonchev–Trinajstić information content (AvgIpc) is 3.03. The quantitative estimate of drug-likeness (QED) is 0.766. The summed E-state index contributed by atoms with van der Waals surface area (Å²) >= 11 is 0. The summed E-state index contributed by atoms with van der Waals surface area (Å²) in [5.74, 6) is 1.56.